The third kappa shape index (κ3) is 5.12. The van der Waals surface area contributed by atoms with E-state index in [2.05, 4.69) is 20.3 Å². The minimum Gasteiger partial charge on any atom is -0.384 e. The molecule has 37 heavy (non-hydrogen) atoms. The molecular formula is C26H28N8O3. The van der Waals surface area contributed by atoms with E-state index >= 15 is 0 Å². The van der Waals surface area contributed by atoms with Gasteiger partial charge in [0.05, 0.1) is 24.3 Å². The van der Waals surface area contributed by atoms with Crippen LogP contribution in [0.2, 0.25) is 0 Å². The second-order valence-corrected chi connectivity index (χ2v) is 8.88. The Balaban J connectivity index is 1.47. The van der Waals surface area contributed by atoms with Gasteiger partial charge in [0, 0.05) is 50.9 Å². The number of methoxy groups -OCH3 is 1. The van der Waals surface area contributed by atoms with E-state index in [0.29, 0.717) is 53.7 Å². The number of anilines is 2. The number of imidazole rings is 1. The van der Waals surface area contributed by atoms with Crippen molar-refractivity contribution in [1.82, 2.24) is 29.2 Å². The second-order valence-electron chi connectivity index (χ2n) is 8.88. The predicted molar refractivity (Wildman–Crippen MR) is 138 cm³/mol. The minimum absolute atomic E-state index is 0.0248. The van der Waals surface area contributed by atoms with Crippen LogP contribution in [0.5, 0.6) is 0 Å². The van der Waals surface area contributed by atoms with E-state index in [9.17, 15) is 9.59 Å². The zero-order valence-electron chi connectivity index (χ0n) is 20.5. The third-order valence-electron chi connectivity index (χ3n) is 6.43. The smallest absolute Gasteiger partial charge is 0.258 e. The van der Waals surface area contributed by atoms with E-state index in [1.54, 1.807) is 43.8 Å². The highest BCUT2D eigenvalue weighted by atomic mass is 16.5. The van der Waals surface area contributed by atoms with Crippen LogP contribution in [-0.4, -0.2) is 67.9 Å². The molecule has 4 aromatic rings. The van der Waals surface area contributed by atoms with Gasteiger partial charge in [-0.1, -0.05) is 6.07 Å². The Bertz CT molecular complexity index is 1420. The first-order chi connectivity index (χ1) is 18.0. The van der Waals surface area contributed by atoms with Gasteiger partial charge in [0.2, 0.25) is 5.91 Å². The van der Waals surface area contributed by atoms with Gasteiger partial charge in [-0.05, 0) is 37.1 Å². The number of hydrogen-bond acceptors (Lipinski definition) is 8. The van der Waals surface area contributed by atoms with Gasteiger partial charge < -0.3 is 20.7 Å². The van der Waals surface area contributed by atoms with Gasteiger partial charge in [-0.25, -0.2) is 15.0 Å². The van der Waals surface area contributed by atoms with Crippen molar-refractivity contribution in [3.63, 3.8) is 0 Å². The lowest BCUT2D eigenvalue weighted by molar-refractivity contribution is -0.133. The Labute approximate surface area is 213 Å². The summed E-state index contributed by atoms with van der Waals surface area (Å²) in [5.41, 5.74) is 8.50. The molecule has 2 amide bonds. The molecule has 11 nitrogen and oxygen atoms in total. The summed E-state index contributed by atoms with van der Waals surface area (Å²) in [7, 11) is 1.59. The summed E-state index contributed by atoms with van der Waals surface area (Å²) in [4.78, 5) is 45.0. The molecule has 1 atom stereocenters. The average Bonchev–Trinajstić information content (AvgIpc) is 3.33. The first kappa shape index (κ1) is 24.3. The Morgan fingerprint density at radius 1 is 1.19 bits per heavy atom. The second kappa shape index (κ2) is 10.7. The van der Waals surface area contributed by atoms with Crippen LogP contribution in [0.3, 0.4) is 0 Å². The summed E-state index contributed by atoms with van der Waals surface area (Å²) in [5, 5.41) is 2.81. The van der Waals surface area contributed by atoms with Gasteiger partial charge >= 0.3 is 0 Å². The van der Waals surface area contributed by atoms with Gasteiger partial charge in [0.1, 0.15) is 28.7 Å². The van der Waals surface area contributed by atoms with Crippen LogP contribution in [-0.2, 0) is 9.53 Å². The number of likely N-dealkylation sites (tertiary alicyclic amines) is 1. The number of nitrogens with zero attached hydrogens (tertiary/aromatic N) is 6. The zero-order chi connectivity index (χ0) is 25.8. The quantitative estimate of drug-likeness (QED) is 0.395. The van der Waals surface area contributed by atoms with Gasteiger partial charge in [-0.15, -0.1) is 0 Å². The molecule has 190 valence electrons. The van der Waals surface area contributed by atoms with Crippen LogP contribution in [0.1, 0.15) is 41.4 Å². The van der Waals surface area contributed by atoms with E-state index < -0.39 is 0 Å². The SMILES string of the molecule is COCCC(=O)N1CCC[C@@H](c2nc(-c3cccc(NC(=O)c4cccnc4)n3)c3c(N)nccn23)C1. The van der Waals surface area contributed by atoms with E-state index in [4.69, 9.17) is 15.5 Å². The monoisotopic (exact) mass is 500 g/mol. The van der Waals surface area contributed by atoms with Crippen molar-refractivity contribution in [2.75, 3.05) is 37.9 Å². The van der Waals surface area contributed by atoms with Crippen molar-refractivity contribution in [3.05, 3.63) is 66.5 Å². The number of nitrogens with two attached hydrogens (primary N) is 1. The lowest BCUT2D eigenvalue weighted by Crippen LogP contribution is -2.39. The Morgan fingerprint density at radius 2 is 2.08 bits per heavy atom. The fourth-order valence-corrected chi connectivity index (χ4v) is 4.64. The maximum absolute atomic E-state index is 12.6. The first-order valence-corrected chi connectivity index (χ1v) is 12.1. The number of aromatic nitrogens is 5. The predicted octanol–water partition coefficient (Wildman–Crippen LogP) is 2.76. The van der Waals surface area contributed by atoms with Crippen LogP contribution in [0.15, 0.2) is 55.1 Å². The molecule has 1 saturated heterocycles. The molecule has 0 unspecified atom stereocenters. The highest BCUT2D eigenvalue weighted by Crippen LogP contribution is 2.33. The number of nitrogens with one attached hydrogen (secondary N) is 1. The van der Waals surface area contributed by atoms with E-state index in [-0.39, 0.29) is 17.7 Å². The molecule has 0 aromatic carbocycles. The maximum atomic E-state index is 12.6. The number of amides is 2. The number of nitrogen functional groups attached to an aromatic ring is 1. The molecule has 1 fully saturated rings. The number of carbonyl (C=O) groups is 2. The van der Waals surface area contributed by atoms with E-state index in [1.807, 2.05) is 21.6 Å². The van der Waals surface area contributed by atoms with Crippen molar-refractivity contribution in [1.29, 1.82) is 0 Å². The maximum Gasteiger partial charge on any atom is 0.258 e. The topological polar surface area (TPSA) is 141 Å². The molecule has 4 aromatic heterocycles. The number of fused-ring (bicyclic) bond motifs is 1. The van der Waals surface area contributed by atoms with Crippen LogP contribution in [0, 0.1) is 0 Å². The summed E-state index contributed by atoms with van der Waals surface area (Å²) in [5.74, 6) is 1.30. The summed E-state index contributed by atoms with van der Waals surface area (Å²) in [6.45, 7) is 1.69. The number of piperidine rings is 1. The molecule has 11 heteroatoms. The minimum atomic E-state index is -0.310. The molecule has 0 saturated carbocycles. The lowest BCUT2D eigenvalue weighted by atomic mass is 9.97. The molecule has 1 aliphatic heterocycles. The highest BCUT2D eigenvalue weighted by molar-refractivity contribution is 6.03. The number of rotatable bonds is 7. The third-order valence-corrected chi connectivity index (χ3v) is 6.43. The molecule has 0 radical (unpaired) electrons. The first-order valence-electron chi connectivity index (χ1n) is 12.1. The summed E-state index contributed by atoms with van der Waals surface area (Å²) < 4.78 is 7.01. The number of ether oxygens (including phenoxy) is 1. The van der Waals surface area contributed by atoms with Crippen LogP contribution < -0.4 is 11.1 Å². The molecule has 3 N–H and O–H groups in total. The summed E-state index contributed by atoms with van der Waals surface area (Å²) >= 11 is 0. The number of hydrogen-bond donors (Lipinski definition) is 2. The molecule has 1 aliphatic rings. The van der Waals surface area contributed by atoms with Gasteiger partial charge in [0.15, 0.2) is 0 Å². The fraction of sp³-hybridized carbons (Fsp3) is 0.308. The number of carbonyl (C=O) groups excluding carboxylic acids is 2. The standard InChI is InChI=1S/C26H28N8O3/c1-37-14-9-21(35)33-12-4-6-18(16-33)25-32-22(23-24(27)29-11-13-34(23)25)19-7-2-8-20(30-19)31-26(36)17-5-3-10-28-15-17/h2-3,5,7-8,10-11,13,15,18H,4,6,9,12,14,16H2,1H3,(H2,27,29)(H,30,31,36)/t18-/m1/s1. The highest BCUT2D eigenvalue weighted by Gasteiger charge is 2.29. The van der Waals surface area contributed by atoms with Gasteiger partial charge in [0.25, 0.3) is 5.91 Å². The molecule has 5 rings (SSSR count). The van der Waals surface area contributed by atoms with E-state index in [0.717, 1.165) is 25.2 Å². The molecule has 0 aliphatic carbocycles. The molecule has 5 heterocycles. The van der Waals surface area contributed by atoms with Crippen molar-refractivity contribution in [2.45, 2.75) is 25.2 Å². The van der Waals surface area contributed by atoms with Crippen molar-refractivity contribution >= 4 is 29.0 Å². The van der Waals surface area contributed by atoms with Crippen LogP contribution in [0.25, 0.3) is 16.9 Å². The van der Waals surface area contributed by atoms with Crippen LogP contribution >= 0.6 is 0 Å². The lowest BCUT2D eigenvalue weighted by Gasteiger charge is -2.32. The van der Waals surface area contributed by atoms with E-state index in [1.165, 1.54) is 6.20 Å². The van der Waals surface area contributed by atoms with Gasteiger partial charge in [-0.3, -0.25) is 19.0 Å². The van der Waals surface area contributed by atoms with Crippen molar-refractivity contribution in [3.8, 4) is 11.4 Å². The Hall–Kier alpha value is -4.38. The summed E-state index contributed by atoms with van der Waals surface area (Å²) in [6.07, 6.45) is 8.70. The largest absolute Gasteiger partial charge is 0.384 e. The zero-order valence-corrected chi connectivity index (χ0v) is 20.5. The van der Waals surface area contributed by atoms with Gasteiger partial charge in [-0.2, -0.15) is 0 Å². The molecular weight excluding hydrogens is 472 g/mol. The normalized spacial score (nSPS) is 15.6. The summed E-state index contributed by atoms with van der Waals surface area (Å²) in [6, 6.07) is 8.71. The Kier molecular flexibility index (Phi) is 7.04. The van der Waals surface area contributed by atoms with Crippen molar-refractivity contribution < 1.29 is 14.3 Å². The molecule has 0 spiro atoms. The number of pyridine rings is 2. The fourth-order valence-electron chi connectivity index (χ4n) is 4.64. The Morgan fingerprint density at radius 3 is 2.89 bits per heavy atom. The van der Waals surface area contributed by atoms with Crippen molar-refractivity contribution in [2.24, 2.45) is 0 Å². The van der Waals surface area contributed by atoms with Crippen LogP contribution in [0.4, 0.5) is 11.6 Å². The average molecular weight is 501 g/mol. The molecule has 0 bridgehead atoms.